The van der Waals surface area contributed by atoms with Gasteiger partial charge in [0.05, 0.1) is 0 Å². The number of hydrogen-bond donors (Lipinski definition) is 2. The fourth-order valence-electron chi connectivity index (χ4n) is 2.10. The summed E-state index contributed by atoms with van der Waals surface area (Å²) in [4.78, 5) is 17.6. The number of aromatic nitrogens is 1. The number of hydrogen-bond acceptors (Lipinski definition) is 5. The number of nitrogens with zero attached hydrogens (tertiary/aromatic N) is 2. The molecule has 0 aliphatic heterocycles. The van der Waals surface area contributed by atoms with Crippen molar-refractivity contribution in [1.29, 1.82) is 0 Å². The SMILES string of the molecule is Cc1oc(C(=O)NN)cc1CN(C)CCc1ccncc1. The number of nitrogen functional groups attached to an aromatic ring is 1. The summed E-state index contributed by atoms with van der Waals surface area (Å²) in [6.07, 6.45) is 4.55. The molecular weight excluding hydrogens is 268 g/mol. The van der Waals surface area contributed by atoms with Crippen molar-refractivity contribution in [2.24, 2.45) is 5.84 Å². The molecule has 2 aromatic heterocycles. The Bertz CT molecular complexity index is 595. The molecule has 0 aromatic carbocycles. The maximum atomic E-state index is 11.4. The monoisotopic (exact) mass is 288 g/mol. The van der Waals surface area contributed by atoms with Gasteiger partial charge < -0.3 is 9.32 Å². The Morgan fingerprint density at radius 1 is 1.43 bits per heavy atom. The lowest BCUT2D eigenvalue weighted by Crippen LogP contribution is -2.29. The fourth-order valence-corrected chi connectivity index (χ4v) is 2.10. The van der Waals surface area contributed by atoms with Crippen LogP contribution in [-0.2, 0) is 13.0 Å². The van der Waals surface area contributed by atoms with E-state index >= 15 is 0 Å². The number of likely N-dealkylation sites (N-methyl/N-ethyl adjacent to an activating group) is 1. The first-order valence-corrected chi connectivity index (χ1v) is 6.78. The zero-order chi connectivity index (χ0) is 15.2. The first-order chi connectivity index (χ1) is 10.1. The fraction of sp³-hybridized carbons (Fsp3) is 0.333. The van der Waals surface area contributed by atoms with Gasteiger partial charge in [-0.2, -0.15) is 0 Å². The van der Waals surface area contributed by atoms with Crippen molar-refractivity contribution < 1.29 is 9.21 Å². The third kappa shape index (κ3) is 4.14. The normalized spacial score (nSPS) is 10.9. The molecule has 2 heterocycles. The van der Waals surface area contributed by atoms with E-state index in [1.54, 1.807) is 18.5 Å². The third-order valence-electron chi connectivity index (χ3n) is 3.35. The summed E-state index contributed by atoms with van der Waals surface area (Å²) in [5.41, 5.74) is 4.31. The van der Waals surface area contributed by atoms with Crippen LogP contribution in [0.3, 0.4) is 0 Å². The molecule has 3 N–H and O–H groups in total. The van der Waals surface area contributed by atoms with Gasteiger partial charge in [0, 0.05) is 31.0 Å². The molecule has 0 aliphatic rings. The van der Waals surface area contributed by atoms with Gasteiger partial charge in [0.1, 0.15) is 5.76 Å². The van der Waals surface area contributed by atoms with Crippen LogP contribution in [0.5, 0.6) is 0 Å². The van der Waals surface area contributed by atoms with Gasteiger partial charge in [0.25, 0.3) is 0 Å². The molecule has 0 atom stereocenters. The van der Waals surface area contributed by atoms with Crippen LogP contribution in [0, 0.1) is 6.92 Å². The van der Waals surface area contributed by atoms with Crippen LogP contribution in [-0.4, -0.2) is 29.4 Å². The number of pyridine rings is 1. The predicted octanol–water partition coefficient (Wildman–Crippen LogP) is 1.26. The van der Waals surface area contributed by atoms with Gasteiger partial charge in [-0.05, 0) is 44.2 Å². The minimum absolute atomic E-state index is 0.243. The molecule has 0 radical (unpaired) electrons. The number of carbonyl (C=O) groups is 1. The first kappa shape index (κ1) is 15.2. The van der Waals surface area contributed by atoms with Gasteiger partial charge in [0.2, 0.25) is 0 Å². The molecule has 0 unspecified atom stereocenters. The van der Waals surface area contributed by atoms with Crippen LogP contribution >= 0.6 is 0 Å². The number of rotatable bonds is 6. The van der Waals surface area contributed by atoms with Crippen molar-refractivity contribution >= 4 is 5.91 Å². The Morgan fingerprint density at radius 2 is 2.14 bits per heavy atom. The average Bonchev–Trinajstić information content (AvgIpc) is 2.86. The van der Waals surface area contributed by atoms with Crippen molar-refractivity contribution in [2.45, 2.75) is 19.9 Å². The van der Waals surface area contributed by atoms with Gasteiger partial charge in [0.15, 0.2) is 5.76 Å². The summed E-state index contributed by atoms with van der Waals surface area (Å²) in [6, 6.07) is 5.77. The standard InChI is InChI=1S/C15H20N4O2/c1-11-13(9-14(21-11)15(20)18-16)10-19(2)8-5-12-3-6-17-7-4-12/h3-4,6-7,9H,5,8,10,16H2,1-2H3,(H,18,20). The molecule has 1 amide bonds. The van der Waals surface area contributed by atoms with Crippen LogP contribution in [0.2, 0.25) is 0 Å². The Balaban J connectivity index is 1.92. The molecular formula is C15H20N4O2. The van der Waals surface area contributed by atoms with Gasteiger partial charge in [-0.1, -0.05) is 0 Å². The molecule has 0 fully saturated rings. The van der Waals surface area contributed by atoms with Crippen molar-refractivity contribution in [3.05, 3.63) is 53.2 Å². The maximum Gasteiger partial charge on any atom is 0.300 e. The molecule has 2 aromatic rings. The number of nitrogens with one attached hydrogen (secondary N) is 1. The zero-order valence-electron chi connectivity index (χ0n) is 12.3. The number of amides is 1. The summed E-state index contributed by atoms with van der Waals surface area (Å²) in [6.45, 7) is 3.48. The predicted molar refractivity (Wildman–Crippen MR) is 79.4 cm³/mol. The smallest absolute Gasteiger partial charge is 0.300 e. The number of hydrazine groups is 1. The molecule has 21 heavy (non-hydrogen) atoms. The van der Waals surface area contributed by atoms with Crippen LogP contribution in [0.25, 0.3) is 0 Å². The van der Waals surface area contributed by atoms with Crippen molar-refractivity contribution in [3.8, 4) is 0 Å². The number of aryl methyl sites for hydroxylation is 1. The van der Waals surface area contributed by atoms with Crippen molar-refractivity contribution in [2.75, 3.05) is 13.6 Å². The highest BCUT2D eigenvalue weighted by atomic mass is 16.4. The van der Waals surface area contributed by atoms with E-state index in [0.29, 0.717) is 0 Å². The topological polar surface area (TPSA) is 84.4 Å². The van der Waals surface area contributed by atoms with E-state index < -0.39 is 5.91 Å². The van der Waals surface area contributed by atoms with Gasteiger partial charge >= 0.3 is 5.91 Å². The molecule has 0 spiro atoms. The van der Waals surface area contributed by atoms with Gasteiger partial charge in [-0.3, -0.25) is 15.2 Å². The third-order valence-corrected chi connectivity index (χ3v) is 3.35. The Kier molecular flexibility index (Phi) is 5.08. The van der Waals surface area contributed by atoms with Gasteiger partial charge in [-0.15, -0.1) is 0 Å². The number of carbonyl (C=O) groups excluding carboxylic acids is 1. The lowest BCUT2D eigenvalue weighted by Gasteiger charge is -2.15. The number of nitrogens with two attached hydrogens (primary N) is 1. The van der Waals surface area contributed by atoms with E-state index in [0.717, 1.165) is 30.8 Å². The Morgan fingerprint density at radius 3 is 2.81 bits per heavy atom. The zero-order valence-corrected chi connectivity index (χ0v) is 12.3. The maximum absolute atomic E-state index is 11.4. The molecule has 6 nitrogen and oxygen atoms in total. The quantitative estimate of drug-likeness (QED) is 0.475. The first-order valence-electron chi connectivity index (χ1n) is 6.78. The second-order valence-electron chi connectivity index (χ2n) is 5.01. The van der Waals surface area contributed by atoms with E-state index in [9.17, 15) is 4.79 Å². The molecule has 0 saturated heterocycles. The molecule has 2 rings (SSSR count). The van der Waals surface area contributed by atoms with Crippen LogP contribution in [0.1, 0.15) is 27.4 Å². The second kappa shape index (κ2) is 7.01. The lowest BCUT2D eigenvalue weighted by molar-refractivity contribution is 0.0924. The van der Waals surface area contributed by atoms with Crippen molar-refractivity contribution in [3.63, 3.8) is 0 Å². The average molecular weight is 288 g/mol. The van der Waals surface area contributed by atoms with E-state index in [2.05, 4.69) is 15.3 Å². The van der Waals surface area contributed by atoms with E-state index in [-0.39, 0.29) is 5.76 Å². The molecule has 112 valence electrons. The van der Waals surface area contributed by atoms with E-state index in [1.807, 2.05) is 26.1 Å². The highest BCUT2D eigenvalue weighted by Gasteiger charge is 2.14. The Labute approximate surface area is 123 Å². The van der Waals surface area contributed by atoms with E-state index in [4.69, 9.17) is 10.3 Å². The van der Waals surface area contributed by atoms with Crippen LogP contribution in [0.15, 0.2) is 35.0 Å². The Hall–Kier alpha value is -2.18. The van der Waals surface area contributed by atoms with E-state index in [1.165, 1.54) is 5.56 Å². The summed E-state index contributed by atoms with van der Waals surface area (Å²) in [7, 11) is 2.04. The lowest BCUT2D eigenvalue weighted by atomic mass is 10.2. The highest BCUT2D eigenvalue weighted by molar-refractivity contribution is 5.91. The summed E-state index contributed by atoms with van der Waals surface area (Å²) < 4.78 is 5.40. The second-order valence-corrected chi connectivity index (χ2v) is 5.01. The molecule has 0 bridgehead atoms. The largest absolute Gasteiger partial charge is 0.456 e. The highest BCUT2D eigenvalue weighted by Crippen LogP contribution is 2.16. The summed E-state index contributed by atoms with van der Waals surface area (Å²) >= 11 is 0. The minimum atomic E-state index is -0.413. The molecule has 0 aliphatic carbocycles. The summed E-state index contributed by atoms with van der Waals surface area (Å²) in [5, 5.41) is 0. The van der Waals surface area contributed by atoms with Gasteiger partial charge in [-0.25, -0.2) is 5.84 Å². The number of furan rings is 1. The summed E-state index contributed by atoms with van der Waals surface area (Å²) in [5.74, 6) is 5.67. The van der Waals surface area contributed by atoms with Crippen LogP contribution in [0.4, 0.5) is 0 Å². The minimum Gasteiger partial charge on any atom is -0.456 e. The van der Waals surface area contributed by atoms with Crippen LogP contribution < -0.4 is 11.3 Å². The van der Waals surface area contributed by atoms with Crippen molar-refractivity contribution in [1.82, 2.24) is 15.3 Å². The molecule has 6 heteroatoms. The molecule has 0 saturated carbocycles.